The maximum Gasteiger partial charge on any atom is 0.120 e. The van der Waals surface area contributed by atoms with Gasteiger partial charge in [-0.1, -0.05) is 18.7 Å². The molecule has 0 aromatic rings. The Balaban J connectivity index is 2.37. The highest BCUT2D eigenvalue weighted by Gasteiger charge is 2.08. The van der Waals surface area contributed by atoms with Crippen LogP contribution in [0.1, 0.15) is 13.3 Å². The smallest absolute Gasteiger partial charge is 0.120 e. The molecule has 8 heavy (non-hydrogen) atoms. The van der Waals surface area contributed by atoms with Crippen molar-refractivity contribution in [3.63, 3.8) is 0 Å². The fraction of sp³-hybridized carbons (Fsp3) is 0.600. The van der Waals surface area contributed by atoms with Crippen LogP contribution in [0, 0.1) is 0 Å². The molecule has 3 heteroatoms. The lowest BCUT2D eigenvalue weighted by atomic mass is 10.4. The van der Waals surface area contributed by atoms with Gasteiger partial charge in [0.25, 0.3) is 0 Å². The molecule has 0 aromatic heterocycles. The summed E-state index contributed by atoms with van der Waals surface area (Å²) in [6.45, 7) is 2.13. The van der Waals surface area contributed by atoms with Gasteiger partial charge >= 0.3 is 0 Å². The second kappa shape index (κ2) is 2.69. The third kappa shape index (κ3) is 1.36. The van der Waals surface area contributed by atoms with Crippen LogP contribution in [-0.2, 0) is 0 Å². The minimum Gasteiger partial charge on any atom is -0.368 e. The summed E-state index contributed by atoms with van der Waals surface area (Å²) in [4.78, 5) is 0. The molecule has 0 radical (unpaired) electrons. The first kappa shape index (κ1) is 6.36. The van der Waals surface area contributed by atoms with Crippen molar-refractivity contribution in [3.8, 4) is 0 Å². The first-order chi connectivity index (χ1) is 3.83. The zero-order valence-electron chi connectivity index (χ0n) is 4.72. The van der Waals surface area contributed by atoms with Crippen molar-refractivity contribution in [2.24, 2.45) is 0 Å². The molecule has 0 aliphatic carbocycles. The Morgan fingerprint density at radius 1 is 2.00 bits per heavy atom. The average Bonchev–Trinajstić information content (AvgIpc) is 2.14. The van der Waals surface area contributed by atoms with Gasteiger partial charge in [-0.3, -0.25) is 0 Å². The van der Waals surface area contributed by atoms with Gasteiger partial charge in [0.1, 0.15) is 4.71 Å². The number of nitrogens with one attached hydrogen (secondary N) is 1. The molecule has 1 nitrogen and oxygen atoms in total. The van der Waals surface area contributed by atoms with Crippen LogP contribution in [0.5, 0.6) is 0 Å². The predicted molar refractivity (Wildman–Crippen MR) is 41.9 cm³/mol. The number of hydrogen-bond acceptors (Lipinski definition) is 3. The molecule has 1 N–H and O–H groups in total. The van der Waals surface area contributed by atoms with Gasteiger partial charge in [-0.05, 0) is 11.8 Å². The lowest BCUT2D eigenvalue weighted by Crippen LogP contribution is -2.13. The van der Waals surface area contributed by atoms with Crippen LogP contribution in [0.25, 0.3) is 0 Å². The van der Waals surface area contributed by atoms with Crippen molar-refractivity contribution in [1.29, 1.82) is 0 Å². The fourth-order valence-electron chi connectivity index (χ4n) is 0.559. The van der Waals surface area contributed by atoms with E-state index in [1.165, 1.54) is 5.70 Å². The normalized spacial score (nSPS) is 27.2. The minimum atomic E-state index is 0.296. The van der Waals surface area contributed by atoms with Crippen molar-refractivity contribution < 1.29 is 0 Å². The van der Waals surface area contributed by atoms with Crippen molar-refractivity contribution in [2.75, 3.05) is 0 Å². The number of rotatable bonds is 1. The Labute approximate surface area is 59.3 Å². The molecular formula is C5H9NS2. The molecule has 46 valence electrons. The molecule has 1 atom stereocenters. The van der Waals surface area contributed by atoms with E-state index in [-0.39, 0.29) is 0 Å². The van der Waals surface area contributed by atoms with Gasteiger partial charge < -0.3 is 5.32 Å². The fourth-order valence-corrected chi connectivity index (χ4v) is 1.65. The summed E-state index contributed by atoms with van der Waals surface area (Å²) in [6.07, 6.45) is 1.09. The van der Waals surface area contributed by atoms with Crippen molar-refractivity contribution in [2.45, 2.75) is 18.1 Å². The summed E-state index contributed by atoms with van der Waals surface area (Å²) in [7, 11) is 0. The van der Waals surface area contributed by atoms with Gasteiger partial charge in [0, 0.05) is 5.70 Å². The van der Waals surface area contributed by atoms with Gasteiger partial charge in [-0.25, -0.2) is 0 Å². The highest BCUT2D eigenvalue weighted by molar-refractivity contribution is 8.12. The Morgan fingerprint density at radius 3 is 3.00 bits per heavy atom. The molecule has 1 unspecified atom stereocenters. The van der Waals surface area contributed by atoms with E-state index in [9.17, 15) is 0 Å². The van der Waals surface area contributed by atoms with Crippen LogP contribution in [0.3, 0.4) is 0 Å². The lowest BCUT2D eigenvalue weighted by molar-refractivity contribution is 0.876. The van der Waals surface area contributed by atoms with E-state index in [2.05, 4.69) is 30.3 Å². The molecule has 0 saturated carbocycles. The van der Waals surface area contributed by atoms with E-state index in [0.717, 1.165) is 6.42 Å². The van der Waals surface area contributed by atoms with Crippen LogP contribution in [0.2, 0.25) is 0 Å². The topological polar surface area (TPSA) is 12.0 Å². The van der Waals surface area contributed by atoms with Gasteiger partial charge in [-0.2, -0.15) is 0 Å². The Bertz CT molecular complexity index is 111. The quantitative estimate of drug-likeness (QED) is 0.548. The van der Waals surface area contributed by atoms with Crippen molar-refractivity contribution in [3.05, 3.63) is 11.1 Å². The lowest BCUT2D eigenvalue weighted by Gasteiger charge is -2.02. The third-order valence-corrected chi connectivity index (χ3v) is 2.32. The summed E-state index contributed by atoms with van der Waals surface area (Å²) in [6, 6.07) is 0. The van der Waals surface area contributed by atoms with E-state index < -0.39 is 0 Å². The van der Waals surface area contributed by atoms with Gasteiger partial charge in [0.15, 0.2) is 0 Å². The largest absolute Gasteiger partial charge is 0.368 e. The zero-order chi connectivity index (χ0) is 5.98. The van der Waals surface area contributed by atoms with E-state index in [4.69, 9.17) is 0 Å². The second-order valence-corrected chi connectivity index (χ2v) is 3.47. The van der Waals surface area contributed by atoms with Crippen LogP contribution < -0.4 is 5.32 Å². The Kier molecular flexibility index (Phi) is 2.14. The number of thioether (sulfide) groups is 1. The highest BCUT2D eigenvalue weighted by atomic mass is 32.2. The molecule has 1 aliphatic heterocycles. The summed E-state index contributed by atoms with van der Waals surface area (Å²) in [5.74, 6) is 0. The van der Waals surface area contributed by atoms with Gasteiger partial charge in [0.05, 0.1) is 0 Å². The van der Waals surface area contributed by atoms with Crippen LogP contribution in [-0.4, -0.2) is 4.71 Å². The Morgan fingerprint density at radius 2 is 2.75 bits per heavy atom. The van der Waals surface area contributed by atoms with Crippen LogP contribution in [0.15, 0.2) is 11.1 Å². The monoisotopic (exact) mass is 147 g/mol. The first-order valence-corrected chi connectivity index (χ1v) is 4.08. The predicted octanol–water partition coefficient (Wildman–Crippen LogP) is 1.79. The highest BCUT2D eigenvalue weighted by Crippen LogP contribution is 2.23. The van der Waals surface area contributed by atoms with Crippen molar-refractivity contribution in [1.82, 2.24) is 5.32 Å². The molecular weight excluding hydrogens is 138 g/mol. The standard InChI is InChI=1S/C5H9NS2/c1-2-4-3-8-5(7)6-4/h3,5-7H,2H2,1H3. The molecule has 0 fully saturated rings. The SMILES string of the molecule is CCC1=CSC(S)N1. The average molecular weight is 147 g/mol. The molecule has 0 spiro atoms. The molecule has 0 bridgehead atoms. The number of allylic oxidation sites excluding steroid dienone is 1. The molecule has 1 heterocycles. The summed E-state index contributed by atoms with van der Waals surface area (Å²) >= 11 is 5.93. The van der Waals surface area contributed by atoms with Crippen LogP contribution in [0.4, 0.5) is 0 Å². The number of thiol groups is 1. The second-order valence-electron chi connectivity index (χ2n) is 1.63. The van der Waals surface area contributed by atoms with E-state index >= 15 is 0 Å². The molecule has 0 amide bonds. The summed E-state index contributed by atoms with van der Waals surface area (Å²) in [5.41, 5.74) is 1.30. The summed E-state index contributed by atoms with van der Waals surface area (Å²) < 4.78 is 0.296. The van der Waals surface area contributed by atoms with Gasteiger partial charge in [0.2, 0.25) is 0 Å². The maximum absolute atomic E-state index is 4.21. The molecule has 0 saturated heterocycles. The van der Waals surface area contributed by atoms with Gasteiger partial charge in [-0.15, -0.1) is 12.6 Å². The number of hydrogen-bond donors (Lipinski definition) is 2. The molecule has 1 rings (SSSR count). The minimum absolute atomic E-state index is 0.296. The zero-order valence-corrected chi connectivity index (χ0v) is 6.43. The molecule has 0 aromatic carbocycles. The van der Waals surface area contributed by atoms with Crippen molar-refractivity contribution >= 4 is 24.4 Å². The Hall–Kier alpha value is 0.240. The first-order valence-electron chi connectivity index (χ1n) is 2.62. The molecule has 1 aliphatic rings. The van der Waals surface area contributed by atoms with E-state index in [1.807, 2.05) is 0 Å². The summed E-state index contributed by atoms with van der Waals surface area (Å²) in [5, 5.41) is 5.31. The van der Waals surface area contributed by atoms with E-state index in [1.54, 1.807) is 11.8 Å². The third-order valence-electron chi connectivity index (χ3n) is 1.03. The van der Waals surface area contributed by atoms with Crippen LogP contribution >= 0.6 is 24.4 Å². The van der Waals surface area contributed by atoms with E-state index in [0.29, 0.717) is 4.71 Å². The maximum atomic E-state index is 4.21.